The molecule has 0 unspecified atom stereocenters. The number of rotatable bonds is 5. The van der Waals surface area contributed by atoms with Crippen LogP contribution in [0.25, 0.3) is 0 Å². The largest absolute Gasteiger partial charge is 0.347 e. The number of pyridine rings is 1. The van der Waals surface area contributed by atoms with E-state index in [0.29, 0.717) is 0 Å². The number of halogens is 1. The number of carbonyl (C=O) groups is 3. The van der Waals surface area contributed by atoms with Crippen molar-refractivity contribution >= 4 is 46.1 Å². The van der Waals surface area contributed by atoms with Crippen molar-refractivity contribution in [1.82, 2.24) is 15.2 Å². The third-order valence-electron chi connectivity index (χ3n) is 2.67. The van der Waals surface area contributed by atoms with Crippen molar-refractivity contribution in [3.8, 4) is 0 Å². The second-order valence-corrected chi connectivity index (χ2v) is 5.45. The minimum Gasteiger partial charge on any atom is -0.347 e. The maximum atomic E-state index is 11.7. The summed E-state index contributed by atoms with van der Waals surface area (Å²) in [6.45, 7) is -0.121. The fraction of sp³-hybridized carbons (Fsp3) is 0.385. The van der Waals surface area contributed by atoms with Gasteiger partial charge in [0, 0.05) is 31.3 Å². The summed E-state index contributed by atoms with van der Waals surface area (Å²) in [7, 11) is 3.11. The average molecular weight is 419 g/mol. The number of amides is 3. The molecule has 1 heterocycles. The first kappa shape index (κ1) is 18.3. The van der Waals surface area contributed by atoms with E-state index < -0.39 is 17.9 Å². The summed E-state index contributed by atoms with van der Waals surface area (Å²) in [5.41, 5.74) is 6.61. The van der Waals surface area contributed by atoms with Gasteiger partial charge >= 0.3 is 11.8 Å². The normalized spacial score (nSPS) is 11.5. The van der Waals surface area contributed by atoms with Gasteiger partial charge in [0.15, 0.2) is 0 Å². The van der Waals surface area contributed by atoms with Crippen molar-refractivity contribution in [3.63, 3.8) is 0 Å². The molecule has 0 aliphatic carbocycles. The third kappa shape index (κ3) is 5.56. The van der Waals surface area contributed by atoms with Gasteiger partial charge in [0.2, 0.25) is 5.91 Å². The third-order valence-corrected chi connectivity index (χ3v) is 3.55. The van der Waals surface area contributed by atoms with Gasteiger partial charge in [-0.3, -0.25) is 14.4 Å². The van der Waals surface area contributed by atoms with Gasteiger partial charge in [-0.05, 0) is 11.6 Å². The van der Waals surface area contributed by atoms with Crippen molar-refractivity contribution in [1.29, 1.82) is 0 Å². The predicted octanol–water partition coefficient (Wildman–Crippen LogP) is -0.513. The lowest BCUT2D eigenvalue weighted by atomic mass is 10.2. The van der Waals surface area contributed by atoms with Crippen LogP contribution in [0.15, 0.2) is 18.3 Å². The van der Waals surface area contributed by atoms with E-state index in [1.807, 2.05) is 0 Å². The number of likely N-dealkylation sites (N-methyl/N-ethyl adjacent to an activating group) is 1. The molecule has 9 heteroatoms. The molecular weight excluding hydrogens is 401 g/mol. The molecule has 0 radical (unpaired) electrons. The Morgan fingerprint density at radius 3 is 2.50 bits per heavy atom. The van der Waals surface area contributed by atoms with E-state index in [4.69, 9.17) is 5.73 Å². The first-order chi connectivity index (χ1) is 10.3. The minimum absolute atomic E-state index is 0.121. The molecule has 0 aromatic carbocycles. The monoisotopic (exact) mass is 419 g/mol. The van der Waals surface area contributed by atoms with Gasteiger partial charge in [-0.1, -0.05) is 28.7 Å². The van der Waals surface area contributed by atoms with E-state index in [2.05, 4.69) is 38.2 Å². The smallest absolute Gasteiger partial charge is 0.314 e. The van der Waals surface area contributed by atoms with Crippen molar-refractivity contribution in [3.05, 3.63) is 23.9 Å². The van der Waals surface area contributed by atoms with Gasteiger partial charge < -0.3 is 21.3 Å². The van der Waals surface area contributed by atoms with Crippen LogP contribution in [0.1, 0.15) is 5.56 Å². The standard InChI is InChI=1S/C13H18IN5O3/c1-19(2)13(22)9(15)7-17-11(20)12(21)18-10-4-3-8(5-14)6-16-10/h3-4,6,9H,5,7,15H2,1-2H3,(H,17,20)(H,16,18,21)/t9-/m0/s1. The van der Waals surface area contributed by atoms with Gasteiger partial charge in [-0.25, -0.2) is 4.98 Å². The Kier molecular flexibility index (Phi) is 7.18. The number of alkyl halides is 1. The lowest BCUT2D eigenvalue weighted by Crippen LogP contribution is -2.49. The Hall–Kier alpha value is -1.75. The van der Waals surface area contributed by atoms with Crippen molar-refractivity contribution in [2.75, 3.05) is 26.0 Å². The Morgan fingerprint density at radius 1 is 1.32 bits per heavy atom. The van der Waals surface area contributed by atoms with Crippen LogP contribution in [0.2, 0.25) is 0 Å². The molecular formula is C13H18IN5O3. The minimum atomic E-state index is -0.896. The second kappa shape index (κ2) is 8.63. The van der Waals surface area contributed by atoms with Crippen LogP contribution in [0, 0.1) is 0 Å². The van der Waals surface area contributed by atoms with Crippen LogP contribution >= 0.6 is 22.6 Å². The highest BCUT2D eigenvalue weighted by molar-refractivity contribution is 14.1. The van der Waals surface area contributed by atoms with Crippen molar-refractivity contribution in [2.24, 2.45) is 5.73 Å². The van der Waals surface area contributed by atoms with Gasteiger partial charge in [-0.2, -0.15) is 0 Å². The highest BCUT2D eigenvalue weighted by Gasteiger charge is 2.19. The molecule has 0 saturated carbocycles. The fourth-order valence-corrected chi connectivity index (χ4v) is 1.90. The summed E-state index contributed by atoms with van der Waals surface area (Å²) in [5, 5.41) is 4.68. The topological polar surface area (TPSA) is 117 Å². The number of anilines is 1. The van der Waals surface area contributed by atoms with Gasteiger partial charge in [0.25, 0.3) is 0 Å². The first-order valence-corrected chi connectivity index (χ1v) is 7.94. The van der Waals surface area contributed by atoms with Gasteiger partial charge in [0.1, 0.15) is 11.9 Å². The van der Waals surface area contributed by atoms with Gasteiger partial charge in [0.05, 0.1) is 0 Å². The van der Waals surface area contributed by atoms with E-state index in [-0.39, 0.29) is 18.3 Å². The Bertz CT molecular complexity index is 547. The summed E-state index contributed by atoms with van der Waals surface area (Å²) in [4.78, 5) is 40.2. The number of nitrogens with zero attached hydrogens (tertiary/aromatic N) is 2. The van der Waals surface area contributed by atoms with Crippen LogP contribution in [-0.4, -0.2) is 54.3 Å². The van der Waals surface area contributed by atoms with Crippen molar-refractivity contribution < 1.29 is 14.4 Å². The number of nitrogens with one attached hydrogen (secondary N) is 2. The van der Waals surface area contributed by atoms with E-state index >= 15 is 0 Å². The molecule has 4 N–H and O–H groups in total. The summed E-state index contributed by atoms with van der Waals surface area (Å²) >= 11 is 2.19. The SMILES string of the molecule is CN(C)C(=O)[C@@H](N)CNC(=O)C(=O)Nc1ccc(CI)cn1. The van der Waals surface area contributed by atoms with Crippen LogP contribution in [-0.2, 0) is 18.8 Å². The molecule has 22 heavy (non-hydrogen) atoms. The number of hydrogen-bond acceptors (Lipinski definition) is 5. The van der Waals surface area contributed by atoms with E-state index in [0.717, 1.165) is 9.99 Å². The highest BCUT2D eigenvalue weighted by Crippen LogP contribution is 2.08. The molecule has 0 saturated heterocycles. The summed E-state index contributed by atoms with van der Waals surface area (Å²) in [6, 6.07) is 2.52. The van der Waals surface area contributed by atoms with E-state index in [1.165, 1.54) is 4.90 Å². The number of hydrogen-bond donors (Lipinski definition) is 3. The lowest BCUT2D eigenvalue weighted by Gasteiger charge is -2.16. The highest BCUT2D eigenvalue weighted by atomic mass is 127. The maximum Gasteiger partial charge on any atom is 0.314 e. The molecule has 1 atom stereocenters. The Morgan fingerprint density at radius 2 is 2.00 bits per heavy atom. The zero-order valence-corrected chi connectivity index (χ0v) is 14.5. The maximum absolute atomic E-state index is 11.7. The molecule has 0 aliphatic heterocycles. The van der Waals surface area contributed by atoms with E-state index in [9.17, 15) is 14.4 Å². The van der Waals surface area contributed by atoms with Crippen LogP contribution < -0.4 is 16.4 Å². The molecule has 8 nitrogen and oxygen atoms in total. The zero-order chi connectivity index (χ0) is 16.7. The predicted molar refractivity (Wildman–Crippen MR) is 90.3 cm³/mol. The summed E-state index contributed by atoms with van der Waals surface area (Å²) in [5.74, 6) is -1.79. The fourth-order valence-electron chi connectivity index (χ4n) is 1.45. The van der Waals surface area contributed by atoms with Crippen LogP contribution in [0.4, 0.5) is 5.82 Å². The molecule has 0 bridgehead atoms. The molecule has 3 amide bonds. The Labute approximate surface area is 142 Å². The lowest BCUT2D eigenvalue weighted by molar-refractivity contribution is -0.136. The summed E-state index contributed by atoms with van der Waals surface area (Å²) in [6.07, 6.45) is 1.62. The molecule has 0 aliphatic rings. The Balaban J connectivity index is 2.48. The van der Waals surface area contributed by atoms with Crippen molar-refractivity contribution in [2.45, 2.75) is 10.5 Å². The molecule has 1 rings (SSSR count). The molecule has 1 aromatic rings. The quantitative estimate of drug-likeness (QED) is 0.338. The molecule has 120 valence electrons. The van der Waals surface area contributed by atoms with Crippen LogP contribution in [0.5, 0.6) is 0 Å². The molecule has 0 spiro atoms. The number of aromatic nitrogens is 1. The second-order valence-electron chi connectivity index (χ2n) is 4.69. The number of nitrogens with two attached hydrogens (primary N) is 1. The number of carbonyl (C=O) groups excluding carboxylic acids is 3. The first-order valence-electron chi connectivity index (χ1n) is 6.42. The van der Waals surface area contributed by atoms with E-state index in [1.54, 1.807) is 32.4 Å². The molecule has 1 aromatic heterocycles. The summed E-state index contributed by atoms with van der Waals surface area (Å²) < 4.78 is 0.803. The zero-order valence-electron chi connectivity index (χ0n) is 12.3. The molecule has 0 fully saturated rings. The van der Waals surface area contributed by atoms with Crippen LogP contribution in [0.3, 0.4) is 0 Å². The average Bonchev–Trinajstić information content (AvgIpc) is 2.51. The van der Waals surface area contributed by atoms with Gasteiger partial charge in [-0.15, -0.1) is 0 Å².